The summed E-state index contributed by atoms with van der Waals surface area (Å²) in [6.45, 7) is -0.0663. The van der Waals surface area contributed by atoms with Gasteiger partial charge in [-0.05, 0) is 11.6 Å². The van der Waals surface area contributed by atoms with Gasteiger partial charge in [0.05, 0.1) is 11.5 Å². The van der Waals surface area contributed by atoms with Gasteiger partial charge in [-0.25, -0.2) is 4.98 Å². The number of benzene rings is 1. The second-order valence-electron chi connectivity index (χ2n) is 3.23. The molecule has 0 aliphatic heterocycles. The number of hydrogen-bond acceptors (Lipinski definition) is 4. The van der Waals surface area contributed by atoms with Crippen molar-refractivity contribution in [3.05, 3.63) is 44.9 Å². The van der Waals surface area contributed by atoms with E-state index in [0.29, 0.717) is 10.0 Å². The van der Waals surface area contributed by atoms with Gasteiger partial charge in [0.1, 0.15) is 5.15 Å². The lowest BCUT2D eigenvalue weighted by atomic mass is 10.2. The maximum Gasteiger partial charge on any atom is 0.152 e. The molecule has 0 saturated heterocycles. The molecule has 0 unspecified atom stereocenters. The zero-order chi connectivity index (χ0) is 12.3. The van der Waals surface area contributed by atoms with Gasteiger partial charge in [-0.3, -0.25) is 0 Å². The summed E-state index contributed by atoms with van der Waals surface area (Å²) < 4.78 is 0.846. The summed E-state index contributed by atoms with van der Waals surface area (Å²) in [5, 5.41) is 10.2. The highest BCUT2D eigenvalue weighted by Gasteiger charge is 2.09. The highest BCUT2D eigenvalue weighted by molar-refractivity contribution is 8.00. The summed E-state index contributed by atoms with van der Waals surface area (Å²) in [7, 11) is 0. The van der Waals surface area contributed by atoms with Crippen molar-refractivity contribution in [2.45, 2.75) is 16.7 Å². The lowest BCUT2D eigenvalue weighted by Gasteiger charge is -2.01. The topological polar surface area (TPSA) is 33.1 Å². The lowest BCUT2D eigenvalue weighted by molar-refractivity contribution is 0.285. The highest BCUT2D eigenvalue weighted by Crippen LogP contribution is 2.33. The third kappa shape index (κ3) is 3.36. The Bertz CT molecular complexity index is 516. The molecule has 2 nitrogen and oxygen atoms in total. The predicted molar refractivity (Wildman–Crippen MR) is 74.1 cm³/mol. The number of aliphatic hydroxyl groups excluding tert-OH is 1. The standard InChI is InChI=1S/C11H9Cl2NOS2/c12-8-4-2-1-3-7(8)6-16-11-14-10(13)9(5-15)17-11/h1-4,15H,5-6H2. The van der Waals surface area contributed by atoms with E-state index in [4.69, 9.17) is 28.3 Å². The Labute approximate surface area is 118 Å². The fourth-order valence-electron chi connectivity index (χ4n) is 1.23. The normalized spacial score (nSPS) is 10.8. The van der Waals surface area contributed by atoms with Crippen molar-refractivity contribution in [2.75, 3.05) is 0 Å². The molecule has 1 heterocycles. The summed E-state index contributed by atoms with van der Waals surface area (Å²) in [6.07, 6.45) is 0. The van der Waals surface area contributed by atoms with Crippen molar-refractivity contribution in [1.29, 1.82) is 0 Å². The van der Waals surface area contributed by atoms with E-state index in [2.05, 4.69) is 4.98 Å². The Morgan fingerprint density at radius 2 is 2.06 bits per heavy atom. The van der Waals surface area contributed by atoms with E-state index in [1.165, 1.54) is 11.3 Å². The lowest BCUT2D eigenvalue weighted by Crippen LogP contribution is -1.81. The Morgan fingerprint density at radius 3 is 2.71 bits per heavy atom. The van der Waals surface area contributed by atoms with Gasteiger partial charge in [-0.2, -0.15) is 0 Å². The van der Waals surface area contributed by atoms with Crippen LogP contribution in [0.25, 0.3) is 0 Å². The Hall–Kier alpha value is -0.260. The van der Waals surface area contributed by atoms with Crippen molar-refractivity contribution >= 4 is 46.3 Å². The van der Waals surface area contributed by atoms with Gasteiger partial charge < -0.3 is 5.11 Å². The number of hydrogen-bond donors (Lipinski definition) is 1. The van der Waals surface area contributed by atoms with Gasteiger partial charge in [0, 0.05) is 10.8 Å². The third-order valence-electron chi connectivity index (χ3n) is 2.08. The van der Waals surface area contributed by atoms with Crippen LogP contribution in [0.15, 0.2) is 28.6 Å². The number of thioether (sulfide) groups is 1. The molecule has 1 aromatic carbocycles. The molecule has 90 valence electrons. The molecule has 0 aliphatic rings. The first-order valence-electron chi connectivity index (χ1n) is 4.83. The van der Waals surface area contributed by atoms with Crippen LogP contribution in [0.5, 0.6) is 0 Å². The molecule has 0 spiro atoms. The smallest absolute Gasteiger partial charge is 0.152 e. The zero-order valence-electron chi connectivity index (χ0n) is 8.69. The minimum Gasteiger partial charge on any atom is -0.391 e. The molecule has 1 N–H and O–H groups in total. The number of aliphatic hydroxyl groups is 1. The fourth-order valence-corrected chi connectivity index (χ4v) is 3.81. The molecule has 0 radical (unpaired) electrons. The van der Waals surface area contributed by atoms with E-state index < -0.39 is 0 Å². The minimum absolute atomic E-state index is 0.0663. The van der Waals surface area contributed by atoms with E-state index in [0.717, 1.165) is 20.7 Å². The van der Waals surface area contributed by atoms with Crippen LogP contribution in [0.1, 0.15) is 10.4 Å². The SMILES string of the molecule is OCc1sc(SCc2ccccc2Cl)nc1Cl. The first-order valence-corrected chi connectivity index (χ1v) is 7.38. The minimum atomic E-state index is -0.0663. The molecule has 17 heavy (non-hydrogen) atoms. The molecule has 2 rings (SSSR count). The Morgan fingerprint density at radius 1 is 1.29 bits per heavy atom. The molecule has 0 atom stereocenters. The molecule has 0 fully saturated rings. The first kappa shape index (κ1) is 13.2. The monoisotopic (exact) mass is 305 g/mol. The maximum absolute atomic E-state index is 9.02. The van der Waals surface area contributed by atoms with Crippen LogP contribution in [0, 0.1) is 0 Å². The van der Waals surface area contributed by atoms with Crippen LogP contribution in [0.3, 0.4) is 0 Å². The van der Waals surface area contributed by atoms with Gasteiger partial charge in [-0.15, -0.1) is 11.3 Å². The molecular weight excluding hydrogens is 297 g/mol. The van der Waals surface area contributed by atoms with E-state index in [1.54, 1.807) is 11.8 Å². The van der Waals surface area contributed by atoms with Crippen LogP contribution in [-0.2, 0) is 12.4 Å². The first-order chi connectivity index (χ1) is 8.20. The molecule has 1 aromatic heterocycles. The van der Waals surface area contributed by atoms with Gasteiger partial charge in [-0.1, -0.05) is 53.2 Å². The molecule has 0 bridgehead atoms. The Kier molecular flexibility index (Phi) is 4.70. The largest absolute Gasteiger partial charge is 0.391 e. The number of aromatic nitrogens is 1. The molecule has 0 aliphatic carbocycles. The third-order valence-corrected chi connectivity index (χ3v) is 5.11. The Balaban J connectivity index is 2.05. The second-order valence-corrected chi connectivity index (χ2v) is 6.30. The molecule has 6 heteroatoms. The summed E-state index contributed by atoms with van der Waals surface area (Å²) >= 11 is 14.9. The summed E-state index contributed by atoms with van der Waals surface area (Å²) in [4.78, 5) is 4.87. The number of thiazole rings is 1. The average molecular weight is 306 g/mol. The van der Waals surface area contributed by atoms with Crippen LogP contribution >= 0.6 is 46.3 Å². The summed E-state index contributed by atoms with van der Waals surface area (Å²) in [6, 6.07) is 7.71. The average Bonchev–Trinajstić information content (AvgIpc) is 2.69. The quantitative estimate of drug-likeness (QED) is 0.858. The van der Waals surface area contributed by atoms with Gasteiger partial charge in [0.15, 0.2) is 4.34 Å². The molecule has 0 amide bonds. The van der Waals surface area contributed by atoms with Gasteiger partial charge in [0.2, 0.25) is 0 Å². The van der Waals surface area contributed by atoms with E-state index in [9.17, 15) is 0 Å². The number of halogens is 2. The molecule has 2 aromatic rings. The van der Waals surface area contributed by atoms with Crippen molar-refractivity contribution < 1.29 is 5.11 Å². The molecule has 0 saturated carbocycles. The van der Waals surface area contributed by atoms with Gasteiger partial charge in [0.25, 0.3) is 0 Å². The predicted octanol–water partition coefficient (Wildman–Crippen LogP) is 4.23. The van der Waals surface area contributed by atoms with Crippen molar-refractivity contribution in [3.63, 3.8) is 0 Å². The fraction of sp³-hybridized carbons (Fsp3) is 0.182. The highest BCUT2D eigenvalue weighted by atomic mass is 35.5. The van der Waals surface area contributed by atoms with Crippen LogP contribution < -0.4 is 0 Å². The van der Waals surface area contributed by atoms with Gasteiger partial charge >= 0.3 is 0 Å². The summed E-state index contributed by atoms with van der Waals surface area (Å²) in [5.41, 5.74) is 1.07. The second kappa shape index (κ2) is 6.07. The van der Waals surface area contributed by atoms with E-state index >= 15 is 0 Å². The van der Waals surface area contributed by atoms with Crippen molar-refractivity contribution in [3.8, 4) is 0 Å². The zero-order valence-corrected chi connectivity index (χ0v) is 11.8. The van der Waals surface area contributed by atoms with E-state index in [-0.39, 0.29) is 6.61 Å². The molecular formula is C11H9Cl2NOS2. The van der Waals surface area contributed by atoms with E-state index in [1.807, 2.05) is 24.3 Å². The maximum atomic E-state index is 9.02. The number of nitrogens with zero attached hydrogens (tertiary/aromatic N) is 1. The van der Waals surface area contributed by atoms with Crippen LogP contribution in [0.4, 0.5) is 0 Å². The number of rotatable bonds is 4. The van der Waals surface area contributed by atoms with Crippen molar-refractivity contribution in [1.82, 2.24) is 4.98 Å². The van der Waals surface area contributed by atoms with Crippen LogP contribution in [0.2, 0.25) is 10.2 Å². The summed E-state index contributed by atoms with van der Waals surface area (Å²) in [5.74, 6) is 0.744. The van der Waals surface area contributed by atoms with Crippen molar-refractivity contribution in [2.24, 2.45) is 0 Å². The van der Waals surface area contributed by atoms with Crippen LogP contribution in [-0.4, -0.2) is 10.1 Å².